The molecular formula is C18H21N5S. The minimum absolute atomic E-state index is 0.317. The Kier molecular flexibility index (Phi) is 3.33. The van der Waals surface area contributed by atoms with E-state index in [2.05, 4.69) is 45.0 Å². The van der Waals surface area contributed by atoms with Gasteiger partial charge in [0.2, 0.25) is 5.13 Å². The van der Waals surface area contributed by atoms with Crippen molar-refractivity contribution in [1.82, 2.24) is 18.9 Å². The molecule has 24 heavy (non-hydrogen) atoms. The first-order chi connectivity index (χ1) is 11.8. The highest BCUT2D eigenvalue weighted by Gasteiger charge is 2.34. The molecule has 1 saturated heterocycles. The second-order valence-corrected chi connectivity index (χ2v) is 7.49. The number of imidazole rings is 1. The van der Waals surface area contributed by atoms with Gasteiger partial charge in [0.05, 0.1) is 17.1 Å². The van der Waals surface area contributed by atoms with Gasteiger partial charge in [-0.25, -0.2) is 9.97 Å². The zero-order valence-corrected chi connectivity index (χ0v) is 14.7. The lowest BCUT2D eigenvalue weighted by Crippen LogP contribution is -2.25. The second kappa shape index (κ2) is 5.55. The van der Waals surface area contributed by atoms with E-state index in [4.69, 9.17) is 9.97 Å². The van der Waals surface area contributed by atoms with Gasteiger partial charge in [-0.05, 0) is 44.7 Å². The van der Waals surface area contributed by atoms with E-state index in [1.807, 2.05) is 0 Å². The highest BCUT2D eigenvalue weighted by atomic mass is 32.1. The summed E-state index contributed by atoms with van der Waals surface area (Å²) in [4.78, 5) is 12.2. The maximum Gasteiger partial charge on any atom is 0.205 e. The van der Waals surface area contributed by atoms with Crippen LogP contribution in [0.2, 0.25) is 0 Å². The molecule has 1 saturated carbocycles. The smallest absolute Gasteiger partial charge is 0.205 e. The van der Waals surface area contributed by atoms with Crippen LogP contribution in [-0.2, 0) is 6.54 Å². The summed E-state index contributed by atoms with van der Waals surface area (Å²) < 4.78 is 6.96. The predicted octanol–water partition coefficient (Wildman–Crippen LogP) is 4.13. The van der Waals surface area contributed by atoms with Gasteiger partial charge in [-0.2, -0.15) is 4.37 Å². The van der Waals surface area contributed by atoms with E-state index in [1.165, 1.54) is 30.6 Å². The summed E-state index contributed by atoms with van der Waals surface area (Å²) in [7, 11) is 0. The molecule has 1 unspecified atom stereocenters. The monoisotopic (exact) mass is 339 g/mol. The third kappa shape index (κ3) is 2.24. The van der Waals surface area contributed by atoms with Crippen LogP contribution in [0.15, 0.2) is 24.3 Å². The summed E-state index contributed by atoms with van der Waals surface area (Å²) in [6.07, 6.45) is 4.84. The zero-order chi connectivity index (χ0) is 16.1. The van der Waals surface area contributed by atoms with Gasteiger partial charge < -0.3 is 9.47 Å². The van der Waals surface area contributed by atoms with Crippen molar-refractivity contribution in [2.75, 3.05) is 11.4 Å². The van der Waals surface area contributed by atoms with Crippen LogP contribution in [0.4, 0.5) is 5.13 Å². The van der Waals surface area contributed by atoms with Gasteiger partial charge in [-0.15, -0.1) is 0 Å². The number of fused-ring (bicyclic) bond motifs is 1. The summed E-state index contributed by atoms with van der Waals surface area (Å²) >= 11 is 1.56. The molecule has 0 bridgehead atoms. The van der Waals surface area contributed by atoms with Crippen LogP contribution in [0.5, 0.6) is 0 Å². The maximum atomic E-state index is 4.97. The first-order valence-electron chi connectivity index (χ1n) is 8.90. The van der Waals surface area contributed by atoms with Gasteiger partial charge in [-0.3, -0.25) is 0 Å². The number of hydrogen-bond acceptors (Lipinski definition) is 5. The quantitative estimate of drug-likeness (QED) is 0.717. The summed E-state index contributed by atoms with van der Waals surface area (Å²) in [5.41, 5.74) is 2.33. The van der Waals surface area contributed by atoms with Gasteiger partial charge in [0.25, 0.3) is 0 Å². The molecule has 0 N–H and O–H groups in total. The van der Waals surface area contributed by atoms with Crippen LogP contribution in [0.25, 0.3) is 11.0 Å². The van der Waals surface area contributed by atoms with Crippen molar-refractivity contribution in [3.05, 3.63) is 35.9 Å². The fourth-order valence-electron chi connectivity index (χ4n) is 3.80. The predicted molar refractivity (Wildman–Crippen MR) is 96.6 cm³/mol. The van der Waals surface area contributed by atoms with E-state index in [-0.39, 0.29) is 0 Å². The normalized spacial score (nSPS) is 21.0. The minimum atomic E-state index is 0.317. The lowest BCUT2D eigenvalue weighted by atomic mass is 10.2. The zero-order valence-electron chi connectivity index (χ0n) is 13.9. The van der Waals surface area contributed by atoms with Gasteiger partial charge in [0.15, 0.2) is 0 Å². The van der Waals surface area contributed by atoms with E-state index in [0.717, 1.165) is 36.0 Å². The Morgan fingerprint density at radius 3 is 2.88 bits per heavy atom. The van der Waals surface area contributed by atoms with Crippen molar-refractivity contribution >= 4 is 27.7 Å². The van der Waals surface area contributed by atoms with E-state index >= 15 is 0 Å². The molecule has 0 amide bonds. The van der Waals surface area contributed by atoms with Crippen LogP contribution in [0.1, 0.15) is 56.2 Å². The Hall–Kier alpha value is -1.95. The molecule has 2 fully saturated rings. The Balaban J connectivity index is 1.54. The molecule has 1 atom stereocenters. The fourth-order valence-corrected chi connectivity index (χ4v) is 4.62. The van der Waals surface area contributed by atoms with Crippen molar-refractivity contribution in [2.45, 2.75) is 51.1 Å². The van der Waals surface area contributed by atoms with Crippen molar-refractivity contribution in [1.29, 1.82) is 0 Å². The average molecular weight is 339 g/mol. The SMILES string of the molecule is CCn1c(C2CCCN2c2nc(C3CC3)ns2)nc2ccccc21. The highest BCUT2D eigenvalue weighted by Crippen LogP contribution is 2.42. The highest BCUT2D eigenvalue weighted by molar-refractivity contribution is 7.09. The van der Waals surface area contributed by atoms with Crippen molar-refractivity contribution < 1.29 is 0 Å². The van der Waals surface area contributed by atoms with Gasteiger partial charge in [-0.1, -0.05) is 12.1 Å². The number of aryl methyl sites for hydroxylation is 1. The van der Waals surface area contributed by atoms with Gasteiger partial charge in [0.1, 0.15) is 11.6 Å². The molecular weight excluding hydrogens is 318 g/mol. The molecule has 124 valence electrons. The van der Waals surface area contributed by atoms with Crippen LogP contribution in [-0.4, -0.2) is 25.5 Å². The molecule has 2 aliphatic rings. The number of nitrogens with zero attached hydrogens (tertiary/aromatic N) is 5. The first-order valence-corrected chi connectivity index (χ1v) is 9.68. The summed E-state index contributed by atoms with van der Waals surface area (Å²) in [5, 5.41) is 1.08. The summed E-state index contributed by atoms with van der Waals surface area (Å²) in [6, 6.07) is 8.76. The first kappa shape index (κ1) is 14.4. The van der Waals surface area contributed by atoms with Crippen LogP contribution >= 0.6 is 11.5 Å². The number of anilines is 1. The van der Waals surface area contributed by atoms with Gasteiger partial charge >= 0.3 is 0 Å². The molecule has 1 aliphatic carbocycles. The molecule has 3 heterocycles. The molecule has 0 spiro atoms. The van der Waals surface area contributed by atoms with Crippen LogP contribution in [0, 0.1) is 0 Å². The number of rotatable bonds is 4. The Bertz CT molecular complexity index is 879. The van der Waals surface area contributed by atoms with E-state index in [0.29, 0.717) is 12.0 Å². The molecule has 1 aliphatic heterocycles. The number of aromatic nitrogens is 4. The lowest BCUT2D eigenvalue weighted by molar-refractivity contribution is 0.608. The van der Waals surface area contributed by atoms with E-state index < -0.39 is 0 Å². The standard InChI is InChI=1S/C18H21N5S/c1-2-22-14-7-4-3-6-13(14)19-17(22)15-8-5-11-23(15)18-20-16(21-24-18)12-9-10-12/h3-4,6-7,12,15H,2,5,8-11H2,1H3. The average Bonchev–Trinajstić information content (AvgIpc) is 3.03. The maximum absolute atomic E-state index is 4.97. The van der Waals surface area contributed by atoms with E-state index in [9.17, 15) is 0 Å². The number of benzene rings is 1. The molecule has 6 heteroatoms. The van der Waals surface area contributed by atoms with Crippen LogP contribution < -0.4 is 4.90 Å². The molecule has 5 nitrogen and oxygen atoms in total. The topological polar surface area (TPSA) is 46.8 Å². The molecule has 1 aromatic carbocycles. The largest absolute Gasteiger partial charge is 0.337 e. The second-order valence-electron chi connectivity index (χ2n) is 6.76. The van der Waals surface area contributed by atoms with Crippen LogP contribution in [0.3, 0.4) is 0 Å². The van der Waals surface area contributed by atoms with Crippen molar-refractivity contribution in [3.8, 4) is 0 Å². The lowest BCUT2D eigenvalue weighted by Gasteiger charge is -2.23. The molecule has 3 aromatic rings. The minimum Gasteiger partial charge on any atom is -0.337 e. The summed E-state index contributed by atoms with van der Waals surface area (Å²) in [5.74, 6) is 2.86. The Labute approximate surface area is 145 Å². The fraction of sp³-hybridized carbons (Fsp3) is 0.500. The molecule has 5 rings (SSSR count). The third-order valence-electron chi connectivity index (χ3n) is 5.17. The molecule has 2 aromatic heterocycles. The number of para-hydroxylation sites is 2. The van der Waals surface area contributed by atoms with Gasteiger partial charge in [0, 0.05) is 30.5 Å². The summed E-state index contributed by atoms with van der Waals surface area (Å²) in [6.45, 7) is 4.20. The third-order valence-corrected chi connectivity index (χ3v) is 5.94. The molecule has 0 radical (unpaired) electrons. The van der Waals surface area contributed by atoms with E-state index in [1.54, 1.807) is 11.5 Å². The Morgan fingerprint density at radius 2 is 2.04 bits per heavy atom. The van der Waals surface area contributed by atoms with Crippen molar-refractivity contribution in [2.24, 2.45) is 0 Å². The number of hydrogen-bond donors (Lipinski definition) is 0. The van der Waals surface area contributed by atoms with Crippen molar-refractivity contribution in [3.63, 3.8) is 0 Å². The Morgan fingerprint density at radius 1 is 1.17 bits per heavy atom.